The van der Waals surface area contributed by atoms with Gasteiger partial charge < -0.3 is 5.32 Å². The molecule has 1 aliphatic rings. The van der Waals surface area contributed by atoms with Crippen LogP contribution in [0.1, 0.15) is 39.7 Å². The summed E-state index contributed by atoms with van der Waals surface area (Å²) in [6.07, 6.45) is 0.545. The Morgan fingerprint density at radius 3 is 2.68 bits per heavy atom. The van der Waals surface area contributed by atoms with E-state index in [9.17, 15) is 22.4 Å². The maximum Gasteiger partial charge on any atom is 0.433 e. The van der Waals surface area contributed by atoms with E-state index in [0.717, 1.165) is 42.8 Å². The number of carbonyl (C=O) groups is 1. The largest absolute Gasteiger partial charge is 0.433 e. The second kappa shape index (κ2) is 6.93. The molecule has 0 spiro atoms. The molecule has 0 radical (unpaired) electrons. The minimum Gasteiger partial charge on any atom is -0.321 e. The van der Waals surface area contributed by atoms with Crippen LogP contribution in [-0.4, -0.2) is 20.2 Å². The molecule has 0 bridgehead atoms. The molecule has 1 N–H and O–H groups in total. The lowest BCUT2D eigenvalue weighted by atomic mass is 10.0. The number of amides is 1. The zero-order valence-corrected chi connectivity index (χ0v) is 14.9. The van der Waals surface area contributed by atoms with Crippen molar-refractivity contribution in [3.63, 3.8) is 0 Å². The average molecular weight is 408 g/mol. The molecule has 10 heteroatoms. The summed E-state index contributed by atoms with van der Waals surface area (Å²) in [7, 11) is 0. The van der Waals surface area contributed by atoms with Crippen LogP contribution < -0.4 is 5.32 Å². The normalized spacial score (nSPS) is 14.1. The van der Waals surface area contributed by atoms with Crippen LogP contribution >= 0.6 is 11.5 Å². The Balaban J connectivity index is 1.67. The van der Waals surface area contributed by atoms with E-state index in [0.29, 0.717) is 11.3 Å². The summed E-state index contributed by atoms with van der Waals surface area (Å²) in [6, 6.07) is 3.52. The van der Waals surface area contributed by atoms with Gasteiger partial charge in [-0.25, -0.2) is 4.39 Å². The predicted octanol–water partition coefficient (Wildman–Crippen LogP) is 4.89. The highest BCUT2D eigenvalue weighted by Crippen LogP contribution is 2.47. The SMILES string of the molecule is O=C(Nc1ccnc(C(F)(F)F)c1)c1snc(-c2ccncc2F)c1C1CC1. The van der Waals surface area contributed by atoms with Gasteiger partial charge in [0.15, 0.2) is 5.82 Å². The fourth-order valence-corrected chi connectivity index (χ4v) is 3.70. The van der Waals surface area contributed by atoms with Gasteiger partial charge in [-0.3, -0.25) is 14.8 Å². The van der Waals surface area contributed by atoms with Gasteiger partial charge in [-0.05, 0) is 48.5 Å². The zero-order chi connectivity index (χ0) is 19.9. The zero-order valence-electron chi connectivity index (χ0n) is 14.1. The Kier molecular flexibility index (Phi) is 4.58. The Bertz CT molecular complexity index is 1050. The van der Waals surface area contributed by atoms with Crippen molar-refractivity contribution in [3.8, 4) is 11.3 Å². The van der Waals surface area contributed by atoms with Crippen LogP contribution in [0.3, 0.4) is 0 Å². The molecular formula is C18H12F4N4OS. The number of anilines is 1. The maximum absolute atomic E-state index is 14.1. The monoisotopic (exact) mass is 408 g/mol. The number of hydrogen-bond donors (Lipinski definition) is 1. The number of rotatable bonds is 4. The van der Waals surface area contributed by atoms with E-state index in [4.69, 9.17) is 0 Å². The van der Waals surface area contributed by atoms with Gasteiger partial charge in [0.2, 0.25) is 0 Å². The minimum absolute atomic E-state index is 0.0286. The van der Waals surface area contributed by atoms with E-state index in [-0.39, 0.29) is 22.0 Å². The molecule has 1 amide bonds. The van der Waals surface area contributed by atoms with E-state index in [1.165, 1.54) is 18.3 Å². The number of alkyl halides is 3. The highest BCUT2D eigenvalue weighted by Gasteiger charge is 2.35. The van der Waals surface area contributed by atoms with Gasteiger partial charge in [0.05, 0.1) is 11.9 Å². The lowest BCUT2D eigenvalue weighted by Gasteiger charge is -2.09. The van der Waals surface area contributed by atoms with Crippen LogP contribution in [0, 0.1) is 5.82 Å². The van der Waals surface area contributed by atoms with Crippen molar-refractivity contribution in [2.45, 2.75) is 24.9 Å². The molecule has 0 aliphatic heterocycles. The molecule has 144 valence electrons. The van der Waals surface area contributed by atoms with Crippen molar-refractivity contribution in [1.29, 1.82) is 0 Å². The Labute approximate surface area is 160 Å². The predicted molar refractivity (Wildman–Crippen MR) is 94.5 cm³/mol. The molecule has 1 saturated carbocycles. The first-order chi connectivity index (χ1) is 13.3. The third-order valence-corrected chi connectivity index (χ3v) is 5.12. The number of nitrogens with one attached hydrogen (secondary N) is 1. The maximum atomic E-state index is 14.1. The number of hydrogen-bond acceptors (Lipinski definition) is 5. The fourth-order valence-electron chi connectivity index (χ4n) is 2.82. The molecule has 5 nitrogen and oxygen atoms in total. The van der Waals surface area contributed by atoms with Crippen molar-refractivity contribution in [1.82, 2.24) is 14.3 Å². The molecule has 28 heavy (non-hydrogen) atoms. The first-order valence-corrected chi connectivity index (χ1v) is 9.06. The lowest BCUT2D eigenvalue weighted by Crippen LogP contribution is -2.14. The highest BCUT2D eigenvalue weighted by atomic mass is 32.1. The summed E-state index contributed by atoms with van der Waals surface area (Å²) in [5.74, 6) is -1.06. The highest BCUT2D eigenvalue weighted by molar-refractivity contribution is 7.08. The number of nitrogens with zero attached hydrogens (tertiary/aromatic N) is 3. The van der Waals surface area contributed by atoms with Gasteiger partial charge in [-0.15, -0.1) is 0 Å². The van der Waals surface area contributed by atoms with Gasteiger partial charge in [-0.1, -0.05) is 0 Å². The van der Waals surface area contributed by atoms with E-state index >= 15 is 0 Å². The molecule has 0 atom stereocenters. The number of carbonyl (C=O) groups excluding carboxylic acids is 1. The summed E-state index contributed by atoms with van der Waals surface area (Å²) in [5, 5.41) is 2.46. The van der Waals surface area contributed by atoms with Gasteiger partial charge in [0.1, 0.15) is 10.6 Å². The van der Waals surface area contributed by atoms with Crippen molar-refractivity contribution in [2.24, 2.45) is 0 Å². The number of halogens is 4. The molecule has 1 aliphatic carbocycles. The summed E-state index contributed by atoms with van der Waals surface area (Å²) >= 11 is 0.898. The molecule has 0 unspecified atom stereocenters. The van der Waals surface area contributed by atoms with Crippen LogP contribution in [0.15, 0.2) is 36.8 Å². The molecule has 3 aromatic rings. The van der Waals surface area contributed by atoms with Gasteiger partial charge >= 0.3 is 6.18 Å². The Hall–Kier alpha value is -2.88. The Morgan fingerprint density at radius 2 is 2.00 bits per heavy atom. The summed E-state index contributed by atoms with van der Waals surface area (Å²) in [5.41, 5.74) is 0.118. The Morgan fingerprint density at radius 1 is 1.21 bits per heavy atom. The molecule has 0 aromatic carbocycles. The van der Waals surface area contributed by atoms with E-state index in [1.54, 1.807) is 0 Å². The molecule has 3 heterocycles. The topological polar surface area (TPSA) is 67.8 Å². The van der Waals surface area contributed by atoms with Crippen LogP contribution in [0.4, 0.5) is 23.2 Å². The van der Waals surface area contributed by atoms with Crippen LogP contribution in [0.5, 0.6) is 0 Å². The molecule has 0 saturated heterocycles. The first kappa shape index (κ1) is 18.5. The lowest BCUT2D eigenvalue weighted by molar-refractivity contribution is -0.141. The smallest absolute Gasteiger partial charge is 0.321 e. The van der Waals surface area contributed by atoms with Gasteiger partial charge in [-0.2, -0.15) is 17.5 Å². The van der Waals surface area contributed by atoms with Gasteiger partial charge in [0.25, 0.3) is 5.91 Å². The van der Waals surface area contributed by atoms with Crippen LogP contribution in [0.2, 0.25) is 0 Å². The second-order valence-corrected chi connectivity index (χ2v) is 7.06. The molecule has 1 fully saturated rings. The number of pyridine rings is 2. The summed E-state index contributed by atoms with van der Waals surface area (Å²) in [6.45, 7) is 0. The quantitative estimate of drug-likeness (QED) is 0.625. The second-order valence-electron chi connectivity index (χ2n) is 6.29. The molecular weight excluding hydrogens is 396 g/mol. The van der Waals surface area contributed by atoms with Crippen molar-refractivity contribution in [3.05, 3.63) is 58.7 Å². The third kappa shape index (κ3) is 3.59. The van der Waals surface area contributed by atoms with E-state index in [2.05, 4.69) is 19.7 Å². The molecule has 4 rings (SSSR count). The first-order valence-electron chi connectivity index (χ1n) is 8.28. The fraction of sp³-hybridized carbons (Fsp3) is 0.222. The van der Waals surface area contributed by atoms with Crippen molar-refractivity contribution >= 4 is 23.1 Å². The molecule has 3 aromatic heterocycles. The average Bonchev–Trinajstić information content (AvgIpc) is 3.40. The van der Waals surface area contributed by atoms with E-state index < -0.39 is 23.6 Å². The van der Waals surface area contributed by atoms with Crippen molar-refractivity contribution in [2.75, 3.05) is 5.32 Å². The summed E-state index contributed by atoms with van der Waals surface area (Å²) in [4.78, 5) is 19.9. The standard InChI is InChI=1S/C18H12F4N4OS/c19-12-8-23-5-4-11(12)15-14(9-1-2-9)16(28-26-15)17(27)25-10-3-6-24-13(7-10)18(20,21)22/h3-9H,1-2H2,(H,24,25,27). The van der Waals surface area contributed by atoms with Crippen molar-refractivity contribution < 1.29 is 22.4 Å². The van der Waals surface area contributed by atoms with E-state index in [1.807, 2.05) is 0 Å². The minimum atomic E-state index is -4.61. The third-order valence-electron chi connectivity index (χ3n) is 4.26. The summed E-state index contributed by atoms with van der Waals surface area (Å²) < 4.78 is 56.8. The van der Waals surface area contributed by atoms with Gasteiger partial charge in [0, 0.05) is 29.2 Å². The van der Waals surface area contributed by atoms with Crippen LogP contribution in [-0.2, 0) is 6.18 Å². The number of aromatic nitrogens is 3. The van der Waals surface area contributed by atoms with Crippen LogP contribution in [0.25, 0.3) is 11.3 Å².